The molecule has 2 aromatic rings. The van der Waals surface area contributed by atoms with Gasteiger partial charge in [-0.25, -0.2) is 0 Å². The van der Waals surface area contributed by atoms with E-state index in [-0.39, 0.29) is 0 Å². The van der Waals surface area contributed by atoms with Crippen LogP contribution in [0.2, 0.25) is 0 Å². The minimum absolute atomic E-state index is 0.497. The number of aryl methyl sites for hydroxylation is 1. The average Bonchev–Trinajstić information content (AvgIpc) is 2.54. The summed E-state index contributed by atoms with van der Waals surface area (Å²) in [4.78, 5) is 0. The van der Waals surface area contributed by atoms with Crippen LogP contribution in [0.4, 0.5) is 5.69 Å². The van der Waals surface area contributed by atoms with Crippen LogP contribution in [0.5, 0.6) is 0 Å². The molecule has 0 aromatic heterocycles. The molecule has 0 aliphatic heterocycles. The highest BCUT2D eigenvalue weighted by Crippen LogP contribution is 2.13. The Kier molecular flexibility index (Phi) is 6.29. The number of hydrogen-bond donors (Lipinski definition) is 2. The Balaban J connectivity index is 2.08. The Bertz CT molecular complexity index is 678. The SMILES string of the molecule is Cc1ccccc1NC(=S)N/N=C(/CC(C)C)c1ccccc1. The smallest absolute Gasteiger partial charge is 0.191 e. The molecule has 0 aliphatic rings. The standard InChI is InChI=1S/C19H23N3S/c1-14(2)13-18(16-10-5-4-6-11-16)21-22-19(23)20-17-12-8-7-9-15(17)3/h4-12,14H,13H2,1-3H3,(H2,20,22,23)/b21-18-. The fourth-order valence-corrected chi connectivity index (χ4v) is 2.38. The van der Waals surface area contributed by atoms with Gasteiger partial charge >= 0.3 is 0 Å². The van der Waals surface area contributed by atoms with E-state index in [0.29, 0.717) is 11.0 Å². The second-order valence-electron chi connectivity index (χ2n) is 5.90. The Morgan fingerprint density at radius 3 is 2.35 bits per heavy atom. The van der Waals surface area contributed by atoms with Crippen molar-refractivity contribution < 1.29 is 0 Å². The molecule has 0 unspecified atom stereocenters. The molecule has 2 aromatic carbocycles. The molecule has 23 heavy (non-hydrogen) atoms. The van der Waals surface area contributed by atoms with Crippen molar-refractivity contribution in [3.63, 3.8) is 0 Å². The van der Waals surface area contributed by atoms with E-state index in [1.54, 1.807) is 0 Å². The van der Waals surface area contributed by atoms with Crippen molar-refractivity contribution in [1.29, 1.82) is 0 Å². The summed E-state index contributed by atoms with van der Waals surface area (Å²) in [6.07, 6.45) is 0.893. The zero-order valence-corrected chi connectivity index (χ0v) is 14.7. The molecule has 0 saturated carbocycles. The number of thiocarbonyl (C=S) groups is 1. The Labute approximate surface area is 143 Å². The number of hydrazone groups is 1. The summed E-state index contributed by atoms with van der Waals surface area (Å²) in [5.74, 6) is 0.522. The molecular weight excluding hydrogens is 302 g/mol. The normalized spacial score (nSPS) is 11.4. The number of nitrogens with zero attached hydrogens (tertiary/aromatic N) is 1. The van der Waals surface area contributed by atoms with E-state index in [0.717, 1.165) is 28.9 Å². The maximum atomic E-state index is 5.35. The number of rotatable bonds is 5. The Morgan fingerprint density at radius 2 is 1.70 bits per heavy atom. The van der Waals surface area contributed by atoms with E-state index in [4.69, 9.17) is 12.2 Å². The van der Waals surface area contributed by atoms with Crippen molar-refractivity contribution in [2.24, 2.45) is 11.0 Å². The minimum atomic E-state index is 0.497. The second-order valence-corrected chi connectivity index (χ2v) is 6.31. The second kappa shape index (κ2) is 8.44. The third kappa shape index (κ3) is 5.49. The van der Waals surface area contributed by atoms with Crippen molar-refractivity contribution in [1.82, 2.24) is 5.43 Å². The van der Waals surface area contributed by atoms with Gasteiger partial charge in [0.05, 0.1) is 5.71 Å². The van der Waals surface area contributed by atoms with Gasteiger partial charge in [-0.15, -0.1) is 0 Å². The van der Waals surface area contributed by atoms with Gasteiger partial charge in [0.15, 0.2) is 5.11 Å². The molecule has 4 heteroatoms. The maximum absolute atomic E-state index is 5.35. The number of hydrogen-bond acceptors (Lipinski definition) is 2. The van der Waals surface area contributed by atoms with Gasteiger partial charge in [0, 0.05) is 5.69 Å². The predicted octanol–water partition coefficient (Wildman–Crippen LogP) is 4.73. The van der Waals surface area contributed by atoms with E-state index >= 15 is 0 Å². The molecule has 0 radical (unpaired) electrons. The van der Waals surface area contributed by atoms with Crippen LogP contribution in [-0.4, -0.2) is 10.8 Å². The van der Waals surface area contributed by atoms with Gasteiger partial charge in [0.2, 0.25) is 0 Å². The lowest BCUT2D eigenvalue weighted by molar-refractivity contribution is 0.681. The van der Waals surface area contributed by atoms with Crippen molar-refractivity contribution in [3.8, 4) is 0 Å². The largest absolute Gasteiger partial charge is 0.331 e. The number of anilines is 1. The molecule has 0 spiro atoms. The monoisotopic (exact) mass is 325 g/mol. The fraction of sp³-hybridized carbons (Fsp3) is 0.263. The zero-order chi connectivity index (χ0) is 16.7. The highest BCUT2D eigenvalue weighted by Gasteiger charge is 2.07. The first kappa shape index (κ1) is 17.2. The van der Waals surface area contributed by atoms with Crippen molar-refractivity contribution >= 4 is 28.7 Å². The highest BCUT2D eigenvalue weighted by molar-refractivity contribution is 7.80. The van der Waals surface area contributed by atoms with Crippen LogP contribution in [-0.2, 0) is 0 Å². The van der Waals surface area contributed by atoms with Gasteiger partial charge in [-0.1, -0.05) is 62.4 Å². The van der Waals surface area contributed by atoms with E-state index in [1.165, 1.54) is 0 Å². The molecule has 2 rings (SSSR count). The first-order valence-electron chi connectivity index (χ1n) is 7.81. The summed E-state index contributed by atoms with van der Waals surface area (Å²) >= 11 is 5.35. The summed E-state index contributed by atoms with van der Waals surface area (Å²) < 4.78 is 0. The quantitative estimate of drug-likeness (QED) is 0.474. The van der Waals surface area contributed by atoms with Gasteiger partial charge in [-0.2, -0.15) is 5.10 Å². The lowest BCUT2D eigenvalue weighted by Crippen LogP contribution is -2.26. The van der Waals surface area contributed by atoms with Crippen LogP contribution in [0.15, 0.2) is 59.7 Å². The van der Waals surface area contributed by atoms with Gasteiger partial charge < -0.3 is 5.32 Å². The van der Waals surface area contributed by atoms with Gasteiger partial charge in [0.25, 0.3) is 0 Å². The molecule has 0 aliphatic carbocycles. The molecule has 0 bridgehead atoms. The molecule has 120 valence electrons. The van der Waals surface area contributed by atoms with Crippen molar-refractivity contribution in [3.05, 3.63) is 65.7 Å². The molecule has 2 N–H and O–H groups in total. The Hall–Kier alpha value is -2.20. The van der Waals surface area contributed by atoms with Crippen molar-refractivity contribution in [2.45, 2.75) is 27.2 Å². The lowest BCUT2D eigenvalue weighted by atomic mass is 10.0. The molecule has 0 heterocycles. The van der Waals surface area contributed by atoms with E-state index < -0.39 is 0 Å². The van der Waals surface area contributed by atoms with Gasteiger partial charge in [-0.3, -0.25) is 5.43 Å². The molecule has 0 saturated heterocycles. The fourth-order valence-electron chi connectivity index (χ4n) is 2.23. The lowest BCUT2D eigenvalue weighted by Gasteiger charge is -2.12. The summed E-state index contributed by atoms with van der Waals surface area (Å²) in [6.45, 7) is 6.41. The number of para-hydroxylation sites is 1. The highest BCUT2D eigenvalue weighted by atomic mass is 32.1. The first-order chi connectivity index (χ1) is 11.1. The maximum Gasteiger partial charge on any atom is 0.191 e. The van der Waals surface area contributed by atoms with Crippen LogP contribution in [0.1, 0.15) is 31.4 Å². The first-order valence-corrected chi connectivity index (χ1v) is 8.21. The Morgan fingerprint density at radius 1 is 1.04 bits per heavy atom. The third-order valence-corrected chi connectivity index (χ3v) is 3.59. The average molecular weight is 325 g/mol. The molecule has 0 fully saturated rings. The van der Waals surface area contributed by atoms with Crippen molar-refractivity contribution in [2.75, 3.05) is 5.32 Å². The van der Waals surface area contributed by atoms with E-state index in [9.17, 15) is 0 Å². The summed E-state index contributed by atoms with van der Waals surface area (Å²) in [7, 11) is 0. The van der Waals surface area contributed by atoms with Gasteiger partial charge in [0.1, 0.15) is 0 Å². The van der Waals surface area contributed by atoms with Gasteiger partial charge in [-0.05, 0) is 48.7 Å². The van der Waals surface area contributed by atoms with Crippen LogP contribution in [0.3, 0.4) is 0 Å². The summed E-state index contributed by atoms with van der Waals surface area (Å²) in [5, 5.41) is 8.20. The molecule has 3 nitrogen and oxygen atoms in total. The zero-order valence-electron chi connectivity index (χ0n) is 13.8. The topological polar surface area (TPSA) is 36.4 Å². The van der Waals surface area contributed by atoms with Crippen LogP contribution >= 0.6 is 12.2 Å². The predicted molar refractivity (Wildman–Crippen MR) is 103 cm³/mol. The summed E-state index contributed by atoms with van der Waals surface area (Å²) in [5.41, 5.74) is 7.23. The molecular formula is C19H23N3S. The van der Waals surface area contributed by atoms with E-state index in [1.807, 2.05) is 49.4 Å². The third-order valence-electron chi connectivity index (χ3n) is 3.39. The number of nitrogens with one attached hydrogen (secondary N) is 2. The van der Waals surface area contributed by atoms with E-state index in [2.05, 4.69) is 41.8 Å². The molecule has 0 atom stereocenters. The summed E-state index contributed by atoms with van der Waals surface area (Å²) in [6, 6.07) is 18.2. The number of benzene rings is 2. The van der Waals surface area contributed by atoms with Crippen LogP contribution in [0.25, 0.3) is 0 Å². The minimum Gasteiger partial charge on any atom is -0.331 e. The van der Waals surface area contributed by atoms with Crippen LogP contribution in [0, 0.1) is 12.8 Å². The van der Waals surface area contributed by atoms with Crippen LogP contribution < -0.4 is 10.7 Å². The molecule has 0 amide bonds.